The standard InChI is InChI=1S/C18H23N9O6/c19-14(28)13-15(24-16(26-25-13)23-10-3-5-20-6-4-10)22-11-1-2-12-9(7-11)8-21-27(12)17(29,30)18(31,32)33/h1-2,7-8,10,20,29-33H,3-6H2,(H2,19,28)(H2,22,23,24,26). The molecule has 0 bridgehead atoms. The molecular weight excluding hydrogens is 438 g/mol. The Kier molecular flexibility index (Phi) is 5.83. The maximum atomic E-state index is 11.8. The van der Waals surface area contributed by atoms with Crippen LogP contribution in [0.15, 0.2) is 24.4 Å². The van der Waals surface area contributed by atoms with Gasteiger partial charge in [-0.2, -0.15) is 10.1 Å². The van der Waals surface area contributed by atoms with Crippen molar-refractivity contribution in [2.75, 3.05) is 23.7 Å². The van der Waals surface area contributed by atoms with Crippen LogP contribution in [0.1, 0.15) is 23.3 Å². The van der Waals surface area contributed by atoms with Gasteiger partial charge in [0.15, 0.2) is 11.5 Å². The van der Waals surface area contributed by atoms with Crippen molar-refractivity contribution in [1.82, 2.24) is 30.3 Å². The van der Waals surface area contributed by atoms with Gasteiger partial charge in [-0.15, -0.1) is 10.2 Å². The lowest BCUT2D eigenvalue weighted by molar-refractivity contribution is -0.482. The summed E-state index contributed by atoms with van der Waals surface area (Å²) in [6.07, 6.45) is 2.95. The average Bonchev–Trinajstić information content (AvgIpc) is 3.17. The highest BCUT2D eigenvalue weighted by Crippen LogP contribution is 2.28. The number of aliphatic hydroxyl groups is 5. The van der Waals surface area contributed by atoms with Crippen LogP contribution >= 0.6 is 0 Å². The Morgan fingerprint density at radius 1 is 1.15 bits per heavy atom. The fourth-order valence-electron chi connectivity index (χ4n) is 3.43. The van der Waals surface area contributed by atoms with Gasteiger partial charge in [0.1, 0.15) is 0 Å². The molecule has 0 unspecified atom stereocenters. The lowest BCUT2D eigenvalue weighted by Crippen LogP contribution is -2.56. The van der Waals surface area contributed by atoms with Gasteiger partial charge in [0.05, 0.1) is 11.7 Å². The van der Waals surface area contributed by atoms with E-state index in [1.54, 1.807) is 0 Å². The molecule has 1 saturated heterocycles. The van der Waals surface area contributed by atoms with Gasteiger partial charge in [0, 0.05) is 17.1 Å². The topological polar surface area (TPSA) is 237 Å². The summed E-state index contributed by atoms with van der Waals surface area (Å²) in [5.41, 5.74) is 5.67. The Balaban J connectivity index is 1.63. The second-order valence-corrected chi connectivity index (χ2v) is 7.59. The van der Waals surface area contributed by atoms with Crippen molar-refractivity contribution in [2.24, 2.45) is 5.73 Å². The van der Waals surface area contributed by atoms with E-state index < -0.39 is 17.8 Å². The summed E-state index contributed by atoms with van der Waals surface area (Å²) in [5.74, 6) is -7.95. The van der Waals surface area contributed by atoms with Gasteiger partial charge >= 0.3 is 11.9 Å². The Labute approximate surface area is 185 Å². The van der Waals surface area contributed by atoms with E-state index >= 15 is 0 Å². The zero-order chi connectivity index (χ0) is 23.8. The molecule has 3 heterocycles. The molecule has 33 heavy (non-hydrogen) atoms. The van der Waals surface area contributed by atoms with E-state index in [4.69, 9.17) is 5.73 Å². The third kappa shape index (κ3) is 4.54. The van der Waals surface area contributed by atoms with Crippen LogP contribution in [0.5, 0.6) is 0 Å². The molecule has 1 aliphatic rings. The Hall–Kier alpha value is -3.47. The van der Waals surface area contributed by atoms with E-state index in [1.807, 2.05) is 0 Å². The van der Waals surface area contributed by atoms with Crippen LogP contribution in [0.25, 0.3) is 10.9 Å². The predicted octanol–water partition coefficient (Wildman–Crippen LogP) is -2.55. The number of fused-ring (bicyclic) bond motifs is 1. The first-order valence-corrected chi connectivity index (χ1v) is 9.95. The summed E-state index contributed by atoms with van der Waals surface area (Å²) in [6, 6.07) is 4.49. The highest BCUT2D eigenvalue weighted by molar-refractivity contribution is 5.96. The smallest absolute Gasteiger partial charge is 0.357 e. The molecule has 3 aromatic rings. The third-order valence-corrected chi connectivity index (χ3v) is 5.17. The van der Waals surface area contributed by atoms with Gasteiger partial charge in [0.2, 0.25) is 5.95 Å². The first-order valence-electron chi connectivity index (χ1n) is 9.95. The van der Waals surface area contributed by atoms with Crippen LogP contribution in [0, 0.1) is 0 Å². The molecule has 1 aliphatic heterocycles. The Bertz CT molecular complexity index is 1170. The second kappa shape index (κ2) is 8.47. The average molecular weight is 461 g/mol. The van der Waals surface area contributed by atoms with Crippen molar-refractivity contribution in [3.63, 3.8) is 0 Å². The fraction of sp³-hybridized carbons (Fsp3) is 0.389. The molecule has 1 fully saturated rings. The first kappa shape index (κ1) is 22.7. The van der Waals surface area contributed by atoms with E-state index in [1.165, 1.54) is 24.4 Å². The quantitative estimate of drug-likeness (QED) is 0.165. The molecule has 15 nitrogen and oxygen atoms in total. The highest BCUT2D eigenvalue weighted by Gasteiger charge is 2.50. The Morgan fingerprint density at radius 3 is 2.55 bits per heavy atom. The normalized spacial score (nSPS) is 15.5. The lowest BCUT2D eigenvalue weighted by Gasteiger charge is -2.30. The number of nitrogens with one attached hydrogen (secondary N) is 3. The van der Waals surface area contributed by atoms with Crippen molar-refractivity contribution in [1.29, 1.82) is 0 Å². The zero-order valence-corrected chi connectivity index (χ0v) is 17.2. The largest absolute Gasteiger partial charge is 0.364 e. The van der Waals surface area contributed by atoms with Gasteiger partial charge in [-0.1, -0.05) is 0 Å². The number of carbonyl (C=O) groups excluding carboxylic acids is 1. The van der Waals surface area contributed by atoms with Crippen molar-refractivity contribution < 1.29 is 30.3 Å². The second-order valence-electron chi connectivity index (χ2n) is 7.59. The molecule has 0 aliphatic carbocycles. The monoisotopic (exact) mass is 461 g/mol. The molecule has 0 spiro atoms. The number of nitrogens with two attached hydrogens (primary N) is 1. The molecule has 15 heteroatoms. The minimum Gasteiger partial charge on any atom is -0.364 e. The van der Waals surface area contributed by atoms with Crippen LogP contribution in [-0.2, 0) is 5.91 Å². The molecular formula is C18H23N9O6. The number of piperidine rings is 1. The number of benzene rings is 1. The lowest BCUT2D eigenvalue weighted by atomic mass is 10.1. The van der Waals surface area contributed by atoms with E-state index in [-0.39, 0.29) is 29.0 Å². The number of hydrogen-bond acceptors (Lipinski definition) is 13. The van der Waals surface area contributed by atoms with E-state index in [0.717, 1.165) is 25.9 Å². The molecule has 0 radical (unpaired) electrons. The number of aromatic nitrogens is 5. The number of primary amides is 1. The Morgan fingerprint density at radius 2 is 1.88 bits per heavy atom. The van der Waals surface area contributed by atoms with E-state index in [2.05, 4.69) is 36.2 Å². The van der Waals surface area contributed by atoms with Crippen LogP contribution in [-0.4, -0.2) is 81.5 Å². The van der Waals surface area contributed by atoms with E-state index in [9.17, 15) is 30.3 Å². The van der Waals surface area contributed by atoms with Crippen LogP contribution in [0.4, 0.5) is 17.5 Å². The van der Waals surface area contributed by atoms with Crippen LogP contribution < -0.4 is 21.7 Å². The summed E-state index contributed by atoms with van der Waals surface area (Å²) >= 11 is 0. The molecule has 4 rings (SSSR count). The zero-order valence-electron chi connectivity index (χ0n) is 17.2. The van der Waals surface area contributed by atoms with Gasteiger partial charge in [-0.05, 0) is 44.1 Å². The number of rotatable bonds is 7. The fourth-order valence-corrected chi connectivity index (χ4v) is 3.43. The van der Waals surface area contributed by atoms with Crippen molar-refractivity contribution in [2.45, 2.75) is 30.8 Å². The maximum absolute atomic E-state index is 11.8. The van der Waals surface area contributed by atoms with Crippen LogP contribution in [0.2, 0.25) is 0 Å². The molecule has 0 atom stereocenters. The molecule has 176 valence electrons. The van der Waals surface area contributed by atoms with Gasteiger partial charge in [-0.25, -0.2) is 4.68 Å². The third-order valence-electron chi connectivity index (χ3n) is 5.17. The van der Waals surface area contributed by atoms with E-state index in [0.29, 0.717) is 15.8 Å². The molecule has 10 N–H and O–H groups in total. The molecule has 2 aromatic heterocycles. The van der Waals surface area contributed by atoms with Gasteiger partial charge in [-0.3, -0.25) is 4.79 Å². The number of amides is 1. The highest BCUT2D eigenvalue weighted by atomic mass is 16.7. The van der Waals surface area contributed by atoms with Crippen molar-refractivity contribution in [3.05, 3.63) is 30.1 Å². The van der Waals surface area contributed by atoms with Gasteiger partial charge in [0.25, 0.3) is 5.91 Å². The summed E-state index contributed by atoms with van der Waals surface area (Å²) in [6.45, 7) is 1.71. The number of hydrogen-bond donors (Lipinski definition) is 9. The minimum absolute atomic E-state index is 0.0521. The summed E-state index contributed by atoms with van der Waals surface area (Å²) in [4.78, 5) is 16.1. The minimum atomic E-state index is -3.87. The SMILES string of the molecule is NC(=O)c1nnc(NC2CCNCC2)nc1Nc1ccc2c(cnn2C(O)(O)C(O)(O)O)c1. The number of carbonyl (C=O) groups is 1. The van der Waals surface area contributed by atoms with Crippen molar-refractivity contribution >= 4 is 34.3 Å². The van der Waals surface area contributed by atoms with Crippen LogP contribution in [0.3, 0.4) is 0 Å². The predicted molar refractivity (Wildman–Crippen MR) is 113 cm³/mol. The molecule has 1 amide bonds. The van der Waals surface area contributed by atoms with Gasteiger partial charge < -0.3 is 47.2 Å². The maximum Gasteiger partial charge on any atom is 0.357 e. The van der Waals surface area contributed by atoms with Crippen molar-refractivity contribution in [3.8, 4) is 0 Å². The molecule has 0 saturated carbocycles. The number of anilines is 3. The summed E-state index contributed by atoms with van der Waals surface area (Å²) in [5, 5.41) is 68.6. The summed E-state index contributed by atoms with van der Waals surface area (Å²) < 4.78 is 0.425. The summed E-state index contributed by atoms with van der Waals surface area (Å²) in [7, 11) is 0. The molecule has 1 aromatic carbocycles. The number of nitrogens with zero attached hydrogens (tertiary/aromatic N) is 5. The first-order chi connectivity index (χ1) is 15.6.